The van der Waals surface area contributed by atoms with E-state index in [-0.39, 0.29) is 11.8 Å². The molecule has 0 aliphatic carbocycles. The summed E-state index contributed by atoms with van der Waals surface area (Å²) in [5, 5.41) is 0.547. The smallest absolute Gasteiger partial charge is 0.254 e. The number of hydrogen-bond donors (Lipinski definition) is 0. The van der Waals surface area contributed by atoms with Crippen molar-refractivity contribution in [3.63, 3.8) is 0 Å². The van der Waals surface area contributed by atoms with Crippen LogP contribution >= 0.6 is 11.6 Å². The molecule has 1 aliphatic heterocycles. The normalized spacial score (nSPS) is 14.1. The Kier molecular flexibility index (Phi) is 6.35. The second-order valence-electron chi connectivity index (χ2n) is 6.50. The highest BCUT2D eigenvalue weighted by Crippen LogP contribution is 2.20. The van der Waals surface area contributed by atoms with E-state index in [0.717, 1.165) is 11.3 Å². The van der Waals surface area contributed by atoms with Gasteiger partial charge in [0, 0.05) is 43.2 Å². The maximum atomic E-state index is 12.6. The van der Waals surface area contributed by atoms with Crippen molar-refractivity contribution >= 4 is 23.4 Å². The van der Waals surface area contributed by atoms with Gasteiger partial charge in [0.15, 0.2) is 0 Å². The van der Waals surface area contributed by atoms with Crippen molar-refractivity contribution in [2.24, 2.45) is 0 Å². The van der Waals surface area contributed by atoms with E-state index in [0.29, 0.717) is 49.6 Å². The number of rotatable bonds is 5. The van der Waals surface area contributed by atoms with E-state index in [9.17, 15) is 9.59 Å². The van der Waals surface area contributed by atoms with Gasteiger partial charge < -0.3 is 14.5 Å². The summed E-state index contributed by atoms with van der Waals surface area (Å²) >= 11 is 5.97. The number of benzene rings is 2. The molecule has 2 aromatic carbocycles. The highest BCUT2D eigenvalue weighted by atomic mass is 35.5. The maximum absolute atomic E-state index is 12.6. The first-order chi connectivity index (χ1) is 13.1. The number of carbonyl (C=O) groups excluding carboxylic acids is 2. The molecule has 27 heavy (non-hydrogen) atoms. The lowest BCUT2D eigenvalue weighted by Crippen LogP contribution is -2.50. The van der Waals surface area contributed by atoms with Gasteiger partial charge in [-0.15, -0.1) is 0 Å². The molecule has 1 fully saturated rings. The summed E-state index contributed by atoms with van der Waals surface area (Å²) in [6, 6.07) is 14.7. The number of methoxy groups -OCH3 is 1. The van der Waals surface area contributed by atoms with Crippen LogP contribution in [0.4, 0.5) is 0 Å². The Morgan fingerprint density at radius 1 is 1.00 bits per heavy atom. The predicted octanol–water partition coefficient (Wildman–Crippen LogP) is 3.27. The van der Waals surface area contributed by atoms with Gasteiger partial charge in [-0.3, -0.25) is 9.59 Å². The number of aryl methyl sites for hydroxylation is 1. The number of hydrogen-bond acceptors (Lipinski definition) is 3. The SMILES string of the molecule is COc1ccccc1CCC(=O)N1CCN(C(=O)c2cccc(Cl)c2)CC1. The quantitative estimate of drug-likeness (QED) is 0.792. The Bertz CT molecular complexity index is 817. The summed E-state index contributed by atoms with van der Waals surface area (Å²) in [5.74, 6) is 0.872. The summed E-state index contributed by atoms with van der Waals surface area (Å²) in [6.45, 7) is 2.17. The average molecular weight is 387 g/mol. The molecule has 0 spiro atoms. The lowest BCUT2D eigenvalue weighted by molar-refractivity contribution is -0.132. The Morgan fingerprint density at radius 2 is 1.70 bits per heavy atom. The zero-order chi connectivity index (χ0) is 19.2. The van der Waals surface area contributed by atoms with Gasteiger partial charge in [-0.05, 0) is 36.2 Å². The Labute approximate surface area is 164 Å². The van der Waals surface area contributed by atoms with Crippen LogP contribution in [-0.4, -0.2) is 54.9 Å². The van der Waals surface area contributed by atoms with Crippen LogP contribution in [0.3, 0.4) is 0 Å². The van der Waals surface area contributed by atoms with Crippen molar-refractivity contribution in [2.75, 3.05) is 33.3 Å². The van der Waals surface area contributed by atoms with E-state index in [1.807, 2.05) is 29.2 Å². The third-order valence-corrected chi connectivity index (χ3v) is 5.03. The van der Waals surface area contributed by atoms with Crippen molar-refractivity contribution in [1.82, 2.24) is 9.80 Å². The minimum atomic E-state index is -0.0429. The lowest BCUT2D eigenvalue weighted by atomic mass is 10.1. The fourth-order valence-corrected chi connectivity index (χ4v) is 3.46. The number of halogens is 1. The van der Waals surface area contributed by atoms with Gasteiger partial charge in [0.1, 0.15) is 5.75 Å². The average Bonchev–Trinajstić information content (AvgIpc) is 2.71. The van der Waals surface area contributed by atoms with E-state index >= 15 is 0 Å². The Morgan fingerprint density at radius 3 is 2.41 bits per heavy atom. The lowest BCUT2D eigenvalue weighted by Gasteiger charge is -2.35. The van der Waals surface area contributed by atoms with Crippen LogP contribution in [-0.2, 0) is 11.2 Å². The zero-order valence-corrected chi connectivity index (χ0v) is 16.1. The van der Waals surface area contributed by atoms with Gasteiger partial charge in [0.2, 0.25) is 5.91 Å². The molecule has 0 atom stereocenters. The molecule has 0 unspecified atom stereocenters. The van der Waals surface area contributed by atoms with E-state index in [4.69, 9.17) is 16.3 Å². The van der Waals surface area contributed by atoms with Crippen LogP contribution in [0.5, 0.6) is 5.75 Å². The Hall–Kier alpha value is -2.53. The van der Waals surface area contributed by atoms with Crippen LogP contribution in [0.25, 0.3) is 0 Å². The van der Waals surface area contributed by atoms with Gasteiger partial charge in [-0.1, -0.05) is 35.9 Å². The number of amides is 2. The summed E-state index contributed by atoms with van der Waals surface area (Å²) in [6.07, 6.45) is 1.08. The molecular weight excluding hydrogens is 364 g/mol. The zero-order valence-electron chi connectivity index (χ0n) is 15.4. The molecule has 142 valence electrons. The van der Waals surface area contributed by atoms with E-state index in [2.05, 4.69) is 0 Å². The molecule has 5 nitrogen and oxygen atoms in total. The van der Waals surface area contributed by atoms with Crippen LogP contribution in [0, 0.1) is 0 Å². The molecule has 1 saturated heterocycles. The summed E-state index contributed by atoms with van der Waals surface area (Å²) < 4.78 is 5.34. The molecule has 0 bridgehead atoms. The van der Waals surface area contributed by atoms with Crippen LogP contribution in [0.15, 0.2) is 48.5 Å². The largest absolute Gasteiger partial charge is 0.496 e. The fraction of sp³-hybridized carbons (Fsp3) is 0.333. The second-order valence-corrected chi connectivity index (χ2v) is 6.93. The molecule has 1 heterocycles. The first-order valence-electron chi connectivity index (χ1n) is 9.03. The molecule has 2 amide bonds. The molecule has 0 saturated carbocycles. The monoisotopic (exact) mass is 386 g/mol. The first-order valence-corrected chi connectivity index (χ1v) is 9.41. The van der Waals surface area contributed by atoms with Gasteiger partial charge >= 0.3 is 0 Å². The van der Waals surface area contributed by atoms with E-state index < -0.39 is 0 Å². The third kappa shape index (κ3) is 4.80. The van der Waals surface area contributed by atoms with Gasteiger partial charge in [0.05, 0.1) is 7.11 Å². The molecule has 0 aromatic heterocycles. The van der Waals surface area contributed by atoms with Crippen molar-refractivity contribution in [3.05, 3.63) is 64.7 Å². The van der Waals surface area contributed by atoms with Crippen molar-refractivity contribution in [1.29, 1.82) is 0 Å². The highest BCUT2D eigenvalue weighted by Gasteiger charge is 2.24. The Balaban J connectivity index is 1.51. The van der Waals surface area contributed by atoms with Crippen molar-refractivity contribution in [2.45, 2.75) is 12.8 Å². The first kappa shape index (κ1) is 19.2. The molecule has 0 radical (unpaired) electrons. The topological polar surface area (TPSA) is 49.9 Å². The van der Waals surface area contributed by atoms with Crippen LogP contribution in [0.2, 0.25) is 5.02 Å². The number of carbonyl (C=O) groups is 2. The number of ether oxygens (including phenoxy) is 1. The fourth-order valence-electron chi connectivity index (χ4n) is 3.27. The van der Waals surface area contributed by atoms with Crippen LogP contribution < -0.4 is 4.74 Å². The summed E-state index contributed by atoms with van der Waals surface area (Å²) in [7, 11) is 1.64. The number of piperazine rings is 1. The number of para-hydroxylation sites is 1. The maximum Gasteiger partial charge on any atom is 0.254 e. The minimum Gasteiger partial charge on any atom is -0.496 e. The molecule has 0 N–H and O–H groups in total. The van der Waals surface area contributed by atoms with E-state index in [1.54, 1.807) is 36.3 Å². The summed E-state index contributed by atoms with van der Waals surface area (Å²) in [5.41, 5.74) is 1.61. The molecule has 6 heteroatoms. The van der Waals surface area contributed by atoms with E-state index in [1.165, 1.54) is 0 Å². The van der Waals surface area contributed by atoms with Crippen molar-refractivity contribution < 1.29 is 14.3 Å². The minimum absolute atomic E-state index is 0.0429. The third-order valence-electron chi connectivity index (χ3n) is 4.79. The summed E-state index contributed by atoms with van der Waals surface area (Å²) in [4.78, 5) is 28.7. The van der Waals surface area contributed by atoms with Gasteiger partial charge in [-0.2, -0.15) is 0 Å². The molecule has 1 aliphatic rings. The molecule has 3 rings (SSSR count). The highest BCUT2D eigenvalue weighted by molar-refractivity contribution is 6.30. The molecule has 2 aromatic rings. The molecular formula is C21H23ClN2O3. The second kappa shape index (κ2) is 8.91. The van der Waals surface area contributed by atoms with Crippen LogP contribution in [0.1, 0.15) is 22.3 Å². The van der Waals surface area contributed by atoms with Gasteiger partial charge in [0.25, 0.3) is 5.91 Å². The van der Waals surface area contributed by atoms with Gasteiger partial charge in [-0.25, -0.2) is 0 Å². The standard InChI is InChI=1S/C21H23ClN2O3/c1-27-19-8-3-2-5-16(19)9-10-20(25)23-11-13-24(14-12-23)21(26)17-6-4-7-18(22)15-17/h2-8,15H,9-14H2,1H3. The van der Waals surface area contributed by atoms with Crippen molar-refractivity contribution in [3.8, 4) is 5.75 Å². The number of nitrogens with zero attached hydrogens (tertiary/aromatic N) is 2. The predicted molar refractivity (Wildman–Crippen MR) is 105 cm³/mol.